The van der Waals surface area contributed by atoms with E-state index in [1.54, 1.807) is 6.92 Å². The molecule has 25 heavy (non-hydrogen) atoms. The number of anilines is 1. The van der Waals surface area contributed by atoms with Gasteiger partial charge in [0, 0.05) is 23.7 Å². The van der Waals surface area contributed by atoms with Crippen molar-refractivity contribution >= 4 is 11.9 Å². The number of hydrogen-bond donors (Lipinski definition) is 1. The Labute approximate surface area is 148 Å². The van der Waals surface area contributed by atoms with Crippen molar-refractivity contribution in [1.29, 1.82) is 0 Å². The van der Waals surface area contributed by atoms with Crippen LogP contribution in [0.2, 0.25) is 0 Å². The zero-order chi connectivity index (χ0) is 18.1. The third kappa shape index (κ3) is 4.21. The van der Waals surface area contributed by atoms with Crippen LogP contribution in [-0.4, -0.2) is 30.6 Å². The molecule has 7 heteroatoms. The highest BCUT2D eigenvalue weighted by Gasteiger charge is 2.24. The van der Waals surface area contributed by atoms with Crippen LogP contribution in [0.4, 0.5) is 5.95 Å². The van der Waals surface area contributed by atoms with E-state index in [0.29, 0.717) is 17.6 Å². The van der Waals surface area contributed by atoms with Gasteiger partial charge in [-0.25, -0.2) is 4.98 Å². The number of aromatic nitrogens is 5. The first-order valence-electron chi connectivity index (χ1n) is 8.88. The first-order valence-corrected chi connectivity index (χ1v) is 8.88. The smallest absolute Gasteiger partial charge is 0.232 e. The van der Waals surface area contributed by atoms with E-state index in [0.717, 1.165) is 29.4 Å². The maximum Gasteiger partial charge on any atom is 0.232 e. The molecule has 2 aromatic heterocycles. The molecule has 3 rings (SSSR count). The van der Waals surface area contributed by atoms with Gasteiger partial charge in [0.05, 0.1) is 12.1 Å². The normalized spacial score (nSPS) is 14.2. The highest BCUT2D eigenvalue weighted by Crippen LogP contribution is 2.31. The summed E-state index contributed by atoms with van der Waals surface area (Å²) >= 11 is 0. The molecule has 0 aliphatic heterocycles. The highest BCUT2D eigenvalue weighted by atomic mass is 16.1. The zero-order valence-corrected chi connectivity index (χ0v) is 15.6. The number of amides is 1. The van der Waals surface area contributed by atoms with Crippen LogP contribution in [0.15, 0.2) is 0 Å². The molecule has 2 aromatic rings. The van der Waals surface area contributed by atoms with Gasteiger partial charge in [0.2, 0.25) is 11.9 Å². The Hall–Kier alpha value is -2.31. The number of carbonyl (C=O) groups is 1. The molecule has 1 saturated carbocycles. The number of rotatable bonds is 6. The molecule has 2 heterocycles. The van der Waals surface area contributed by atoms with Crippen molar-refractivity contribution in [2.75, 3.05) is 5.32 Å². The molecule has 0 saturated heterocycles. The third-order valence-corrected chi connectivity index (χ3v) is 4.53. The predicted molar refractivity (Wildman–Crippen MR) is 95.4 cm³/mol. The van der Waals surface area contributed by atoms with Gasteiger partial charge in [-0.1, -0.05) is 13.8 Å². The maximum atomic E-state index is 12.5. The molecule has 1 amide bonds. The number of nitrogens with zero attached hydrogens (tertiary/aromatic N) is 5. The second-order valence-corrected chi connectivity index (χ2v) is 7.22. The maximum absolute atomic E-state index is 12.5. The summed E-state index contributed by atoms with van der Waals surface area (Å²) in [5, 5.41) is 7.40. The summed E-state index contributed by atoms with van der Waals surface area (Å²) in [5.41, 5.74) is 2.99. The van der Waals surface area contributed by atoms with E-state index >= 15 is 0 Å². The van der Waals surface area contributed by atoms with Gasteiger partial charge in [0.25, 0.3) is 0 Å². The van der Waals surface area contributed by atoms with Gasteiger partial charge in [-0.3, -0.25) is 14.8 Å². The summed E-state index contributed by atoms with van der Waals surface area (Å²) in [5.74, 6) is 2.43. The Bertz CT molecular complexity index is 791. The van der Waals surface area contributed by atoms with E-state index in [2.05, 4.69) is 25.4 Å². The fourth-order valence-corrected chi connectivity index (χ4v) is 2.86. The van der Waals surface area contributed by atoms with E-state index in [-0.39, 0.29) is 18.2 Å². The quantitative estimate of drug-likeness (QED) is 0.872. The van der Waals surface area contributed by atoms with Gasteiger partial charge in [0.1, 0.15) is 11.6 Å². The van der Waals surface area contributed by atoms with Gasteiger partial charge >= 0.3 is 0 Å². The summed E-state index contributed by atoms with van der Waals surface area (Å²) in [6.07, 6.45) is 2.85. The van der Waals surface area contributed by atoms with Crippen molar-refractivity contribution in [3.63, 3.8) is 0 Å². The minimum absolute atomic E-state index is 0.127. The predicted octanol–water partition coefficient (Wildman–Crippen LogP) is 2.71. The first-order chi connectivity index (χ1) is 11.8. The van der Waals surface area contributed by atoms with Crippen molar-refractivity contribution in [1.82, 2.24) is 24.7 Å². The first kappa shape index (κ1) is 17.5. The molecule has 1 aliphatic rings. The van der Waals surface area contributed by atoms with E-state index in [9.17, 15) is 4.79 Å². The van der Waals surface area contributed by atoms with Gasteiger partial charge in [-0.2, -0.15) is 15.1 Å². The Kier molecular flexibility index (Phi) is 4.83. The van der Waals surface area contributed by atoms with Gasteiger partial charge < -0.3 is 0 Å². The van der Waals surface area contributed by atoms with E-state index < -0.39 is 0 Å². The van der Waals surface area contributed by atoms with Gasteiger partial charge in [-0.05, 0) is 39.5 Å². The number of aryl methyl sites for hydroxylation is 2. The molecule has 0 unspecified atom stereocenters. The van der Waals surface area contributed by atoms with E-state index in [4.69, 9.17) is 0 Å². The molecular weight excluding hydrogens is 316 g/mol. The lowest BCUT2D eigenvalue weighted by atomic mass is 10.1. The standard InChI is InChI=1S/C18H26N6O/c1-10(2)17-19-13(5)20-18(22-17)21-16(25)8-15-11(3)23-24(12(15)4)9-14-6-7-14/h10,14H,6-9H2,1-5H3,(H,19,20,21,22,25). The second-order valence-electron chi connectivity index (χ2n) is 7.22. The summed E-state index contributed by atoms with van der Waals surface area (Å²) in [7, 11) is 0. The topological polar surface area (TPSA) is 85.6 Å². The van der Waals surface area contributed by atoms with Crippen LogP contribution in [-0.2, 0) is 17.8 Å². The van der Waals surface area contributed by atoms with Crippen molar-refractivity contribution in [3.05, 3.63) is 28.6 Å². The molecule has 0 atom stereocenters. The third-order valence-electron chi connectivity index (χ3n) is 4.53. The molecule has 0 spiro atoms. The van der Waals surface area contributed by atoms with E-state index in [1.165, 1.54) is 12.8 Å². The SMILES string of the molecule is Cc1nc(NC(=O)Cc2c(C)nn(CC3CC3)c2C)nc(C(C)C)n1. The van der Waals surface area contributed by atoms with E-state index in [1.807, 2.05) is 32.4 Å². The Morgan fingerprint density at radius 1 is 1.20 bits per heavy atom. The van der Waals surface area contributed by atoms with Crippen molar-refractivity contribution < 1.29 is 4.79 Å². The number of nitrogens with one attached hydrogen (secondary N) is 1. The molecule has 1 aliphatic carbocycles. The monoisotopic (exact) mass is 342 g/mol. The molecular formula is C18H26N6O. The zero-order valence-electron chi connectivity index (χ0n) is 15.6. The number of carbonyl (C=O) groups excluding carboxylic acids is 1. The van der Waals surface area contributed by atoms with Crippen LogP contribution in [0.5, 0.6) is 0 Å². The van der Waals surface area contributed by atoms with Crippen LogP contribution in [0, 0.1) is 26.7 Å². The Balaban J connectivity index is 1.71. The van der Waals surface area contributed by atoms with Gasteiger partial charge in [-0.15, -0.1) is 0 Å². The summed E-state index contributed by atoms with van der Waals surface area (Å²) in [6, 6.07) is 0. The van der Waals surface area contributed by atoms with Crippen molar-refractivity contribution in [2.45, 2.75) is 66.3 Å². The van der Waals surface area contributed by atoms with Crippen molar-refractivity contribution in [3.8, 4) is 0 Å². The molecule has 0 bridgehead atoms. The molecule has 1 N–H and O–H groups in total. The molecule has 7 nitrogen and oxygen atoms in total. The summed E-state index contributed by atoms with van der Waals surface area (Å²) < 4.78 is 2.04. The average Bonchev–Trinajstić information content (AvgIpc) is 3.30. The van der Waals surface area contributed by atoms with Crippen molar-refractivity contribution in [2.24, 2.45) is 5.92 Å². The summed E-state index contributed by atoms with van der Waals surface area (Å²) in [4.78, 5) is 25.3. The Morgan fingerprint density at radius 3 is 2.56 bits per heavy atom. The molecule has 0 aromatic carbocycles. The fraction of sp³-hybridized carbons (Fsp3) is 0.611. The largest absolute Gasteiger partial charge is 0.294 e. The lowest BCUT2D eigenvalue weighted by Gasteiger charge is -2.09. The van der Waals surface area contributed by atoms with Gasteiger partial charge in [0.15, 0.2) is 0 Å². The minimum Gasteiger partial charge on any atom is -0.294 e. The molecule has 134 valence electrons. The fourth-order valence-electron chi connectivity index (χ4n) is 2.86. The number of hydrogen-bond acceptors (Lipinski definition) is 5. The minimum atomic E-state index is -0.127. The Morgan fingerprint density at radius 2 is 1.92 bits per heavy atom. The highest BCUT2D eigenvalue weighted by molar-refractivity contribution is 5.90. The molecule has 1 fully saturated rings. The molecule has 0 radical (unpaired) electrons. The van der Waals surface area contributed by atoms with Crippen LogP contribution in [0.3, 0.4) is 0 Å². The lowest BCUT2D eigenvalue weighted by molar-refractivity contribution is -0.115. The van der Waals surface area contributed by atoms with Crippen LogP contribution >= 0.6 is 0 Å². The van der Waals surface area contributed by atoms with Crippen LogP contribution in [0.1, 0.15) is 61.2 Å². The summed E-state index contributed by atoms with van der Waals surface area (Å²) in [6.45, 7) is 10.8. The average molecular weight is 342 g/mol. The second kappa shape index (κ2) is 6.90. The van der Waals surface area contributed by atoms with Crippen LogP contribution < -0.4 is 5.32 Å². The lowest BCUT2D eigenvalue weighted by Crippen LogP contribution is -2.19. The van der Waals surface area contributed by atoms with Crippen LogP contribution in [0.25, 0.3) is 0 Å².